The molecule has 112 valence electrons. The SMILES string of the molecule is COC(=O)C1CCCC1S(=O)(=O)N[C@@H](C)c1ccco1. The molecule has 1 fully saturated rings. The van der Waals surface area contributed by atoms with Gasteiger partial charge in [-0.3, -0.25) is 4.79 Å². The van der Waals surface area contributed by atoms with Crippen LogP contribution in [0.3, 0.4) is 0 Å². The molecule has 0 aliphatic heterocycles. The highest BCUT2D eigenvalue weighted by Gasteiger charge is 2.42. The lowest BCUT2D eigenvalue weighted by Gasteiger charge is -2.20. The maximum atomic E-state index is 12.4. The number of esters is 1. The van der Waals surface area contributed by atoms with Crippen LogP contribution in [0.1, 0.15) is 38.0 Å². The molecule has 20 heavy (non-hydrogen) atoms. The van der Waals surface area contributed by atoms with Crippen LogP contribution in [0, 0.1) is 5.92 Å². The molecule has 0 amide bonds. The third-order valence-electron chi connectivity index (χ3n) is 3.67. The van der Waals surface area contributed by atoms with Gasteiger partial charge < -0.3 is 9.15 Å². The fraction of sp³-hybridized carbons (Fsp3) is 0.615. The largest absolute Gasteiger partial charge is 0.469 e. The molecule has 0 spiro atoms. The summed E-state index contributed by atoms with van der Waals surface area (Å²) in [5.41, 5.74) is 0. The van der Waals surface area contributed by atoms with E-state index < -0.39 is 33.2 Å². The standard InChI is InChI=1S/C13H19NO5S/c1-9(11-6-4-8-19-11)14-20(16,17)12-7-3-5-10(12)13(15)18-2/h4,6,8-10,12,14H,3,5,7H2,1-2H3/t9-,10?,12?/m0/s1. The summed E-state index contributed by atoms with van der Waals surface area (Å²) in [4.78, 5) is 11.7. The van der Waals surface area contributed by atoms with Crippen LogP contribution >= 0.6 is 0 Å². The van der Waals surface area contributed by atoms with E-state index in [1.165, 1.54) is 13.4 Å². The van der Waals surface area contributed by atoms with Gasteiger partial charge in [0.2, 0.25) is 10.0 Å². The van der Waals surface area contributed by atoms with Gasteiger partial charge in [0, 0.05) is 0 Å². The van der Waals surface area contributed by atoms with Gasteiger partial charge in [-0.15, -0.1) is 0 Å². The molecule has 0 aromatic carbocycles. The van der Waals surface area contributed by atoms with Crippen LogP contribution in [-0.4, -0.2) is 26.7 Å². The fourth-order valence-corrected chi connectivity index (χ4v) is 4.59. The van der Waals surface area contributed by atoms with Gasteiger partial charge in [0.05, 0.1) is 30.6 Å². The van der Waals surface area contributed by atoms with Gasteiger partial charge in [-0.25, -0.2) is 13.1 Å². The zero-order chi connectivity index (χ0) is 14.8. The number of rotatable bonds is 5. The van der Waals surface area contributed by atoms with Crippen LogP contribution in [0.25, 0.3) is 0 Å². The molecule has 3 atom stereocenters. The van der Waals surface area contributed by atoms with Crippen LogP contribution in [0.4, 0.5) is 0 Å². The summed E-state index contributed by atoms with van der Waals surface area (Å²) in [6, 6.07) is 2.95. The maximum absolute atomic E-state index is 12.4. The van der Waals surface area contributed by atoms with Crippen molar-refractivity contribution in [2.24, 2.45) is 5.92 Å². The lowest BCUT2D eigenvalue weighted by atomic mass is 10.1. The summed E-state index contributed by atoms with van der Waals surface area (Å²) < 4.78 is 37.3. The van der Waals surface area contributed by atoms with E-state index in [0.29, 0.717) is 25.0 Å². The summed E-state index contributed by atoms with van der Waals surface area (Å²) >= 11 is 0. The molecule has 0 saturated heterocycles. The van der Waals surface area contributed by atoms with Gasteiger partial charge in [-0.2, -0.15) is 0 Å². The van der Waals surface area contributed by atoms with Crippen molar-refractivity contribution in [1.29, 1.82) is 0 Å². The number of carbonyl (C=O) groups is 1. The Morgan fingerprint density at radius 2 is 2.25 bits per heavy atom. The Balaban J connectivity index is 2.11. The molecule has 1 N–H and O–H groups in total. The summed E-state index contributed by atoms with van der Waals surface area (Å²) in [6.07, 6.45) is 3.22. The highest BCUT2D eigenvalue weighted by Crippen LogP contribution is 2.32. The highest BCUT2D eigenvalue weighted by molar-refractivity contribution is 7.90. The zero-order valence-electron chi connectivity index (χ0n) is 11.5. The van der Waals surface area contributed by atoms with Gasteiger partial charge in [-0.1, -0.05) is 6.42 Å². The van der Waals surface area contributed by atoms with E-state index in [9.17, 15) is 13.2 Å². The van der Waals surface area contributed by atoms with Crippen molar-refractivity contribution in [3.05, 3.63) is 24.2 Å². The van der Waals surface area contributed by atoms with Crippen LogP contribution in [0.15, 0.2) is 22.8 Å². The third-order valence-corrected chi connectivity index (χ3v) is 5.71. The van der Waals surface area contributed by atoms with E-state index in [2.05, 4.69) is 9.46 Å². The van der Waals surface area contributed by atoms with E-state index in [1.54, 1.807) is 19.1 Å². The minimum atomic E-state index is -3.60. The molecule has 1 saturated carbocycles. The molecule has 2 unspecified atom stereocenters. The highest BCUT2D eigenvalue weighted by atomic mass is 32.2. The first-order chi connectivity index (χ1) is 9.45. The second-order valence-electron chi connectivity index (χ2n) is 5.00. The molecule has 1 heterocycles. The van der Waals surface area contributed by atoms with Gasteiger partial charge in [0.1, 0.15) is 5.76 Å². The molecule has 0 bridgehead atoms. The van der Waals surface area contributed by atoms with Crippen molar-refractivity contribution in [3.63, 3.8) is 0 Å². The normalized spacial score (nSPS) is 24.5. The van der Waals surface area contributed by atoms with E-state index in [4.69, 9.17) is 4.42 Å². The van der Waals surface area contributed by atoms with Crippen LogP contribution in [0.2, 0.25) is 0 Å². The molecule has 0 radical (unpaired) electrons. The Morgan fingerprint density at radius 3 is 2.85 bits per heavy atom. The first-order valence-electron chi connectivity index (χ1n) is 6.58. The number of ether oxygens (including phenoxy) is 1. The van der Waals surface area contributed by atoms with Gasteiger partial charge >= 0.3 is 5.97 Å². The number of furan rings is 1. The van der Waals surface area contributed by atoms with Gasteiger partial charge in [0.15, 0.2) is 0 Å². The predicted octanol–water partition coefficient (Wildman–Crippen LogP) is 1.60. The zero-order valence-corrected chi connectivity index (χ0v) is 12.4. The molecule has 2 rings (SSSR count). The Hall–Kier alpha value is -1.34. The minimum Gasteiger partial charge on any atom is -0.469 e. The Kier molecular flexibility index (Phi) is 4.49. The Bertz CT molecular complexity index is 551. The summed E-state index contributed by atoms with van der Waals surface area (Å²) in [7, 11) is -2.32. The van der Waals surface area contributed by atoms with E-state index >= 15 is 0 Å². The molecule has 1 aromatic rings. The molecule has 6 nitrogen and oxygen atoms in total. The number of hydrogen-bond donors (Lipinski definition) is 1. The number of methoxy groups -OCH3 is 1. The second-order valence-corrected chi connectivity index (χ2v) is 6.93. The second kappa shape index (κ2) is 5.97. The maximum Gasteiger partial charge on any atom is 0.310 e. The average Bonchev–Trinajstić information content (AvgIpc) is 3.08. The Labute approximate surface area is 118 Å². The first-order valence-corrected chi connectivity index (χ1v) is 8.12. The summed E-state index contributed by atoms with van der Waals surface area (Å²) in [5, 5.41) is -0.729. The first kappa shape index (κ1) is 15.1. The van der Waals surface area contributed by atoms with Crippen LogP contribution < -0.4 is 4.72 Å². The van der Waals surface area contributed by atoms with Crippen LogP contribution in [-0.2, 0) is 19.6 Å². The molecule has 7 heteroatoms. The third kappa shape index (κ3) is 3.04. The van der Waals surface area contributed by atoms with Crippen molar-refractivity contribution >= 4 is 16.0 Å². The van der Waals surface area contributed by atoms with E-state index in [0.717, 1.165) is 0 Å². The van der Waals surface area contributed by atoms with Gasteiger partial charge in [0.25, 0.3) is 0 Å². The van der Waals surface area contributed by atoms with Crippen molar-refractivity contribution in [2.75, 3.05) is 7.11 Å². The molecule has 1 aliphatic rings. The Morgan fingerprint density at radius 1 is 1.50 bits per heavy atom. The molecule has 1 aromatic heterocycles. The minimum absolute atomic E-state index is 0.455. The fourth-order valence-electron chi connectivity index (χ4n) is 2.65. The number of sulfonamides is 1. The van der Waals surface area contributed by atoms with Gasteiger partial charge in [-0.05, 0) is 31.9 Å². The van der Waals surface area contributed by atoms with E-state index in [1.807, 2.05) is 0 Å². The topological polar surface area (TPSA) is 85.6 Å². The quantitative estimate of drug-likeness (QED) is 0.835. The van der Waals surface area contributed by atoms with Crippen molar-refractivity contribution in [1.82, 2.24) is 4.72 Å². The molecule has 1 aliphatic carbocycles. The van der Waals surface area contributed by atoms with E-state index in [-0.39, 0.29) is 0 Å². The van der Waals surface area contributed by atoms with Crippen molar-refractivity contribution in [3.8, 4) is 0 Å². The monoisotopic (exact) mass is 301 g/mol. The number of nitrogens with one attached hydrogen (secondary N) is 1. The lowest BCUT2D eigenvalue weighted by Crippen LogP contribution is -2.40. The average molecular weight is 301 g/mol. The smallest absolute Gasteiger partial charge is 0.310 e. The number of hydrogen-bond acceptors (Lipinski definition) is 5. The number of carbonyl (C=O) groups excluding carboxylic acids is 1. The predicted molar refractivity (Wildman–Crippen MR) is 72.3 cm³/mol. The lowest BCUT2D eigenvalue weighted by molar-refractivity contribution is -0.145. The molecular formula is C13H19NO5S. The van der Waals surface area contributed by atoms with Crippen LogP contribution in [0.5, 0.6) is 0 Å². The molecular weight excluding hydrogens is 282 g/mol. The van der Waals surface area contributed by atoms with Crippen molar-refractivity contribution in [2.45, 2.75) is 37.5 Å². The summed E-state index contributed by atoms with van der Waals surface area (Å²) in [5.74, 6) is -0.494. The van der Waals surface area contributed by atoms with Crippen molar-refractivity contribution < 1.29 is 22.4 Å². The summed E-state index contributed by atoms with van der Waals surface area (Å²) in [6.45, 7) is 1.71.